The molecule has 3 rings (SSSR count). The van der Waals surface area contributed by atoms with Crippen LogP contribution in [-0.2, 0) is 6.18 Å². The normalized spacial score (nSPS) is 15.6. The fourth-order valence-electron chi connectivity index (χ4n) is 3.28. The molecule has 0 spiro atoms. The fourth-order valence-corrected chi connectivity index (χ4v) is 3.28. The van der Waals surface area contributed by atoms with E-state index in [1.165, 1.54) is 18.2 Å². The molecule has 1 amide bonds. The monoisotopic (exact) mass is 377 g/mol. The van der Waals surface area contributed by atoms with E-state index in [-0.39, 0.29) is 5.56 Å². The van der Waals surface area contributed by atoms with Crippen molar-refractivity contribution in [3.05, 3.63) is 59.7 Å². The predicted molar refractivity (Wildman–Crippen MR) is 100 cm³/mol. The van der Waals surface area contributed by atoms with Crippen molar-refractivity contribution in [3.8, 4) is 0 Å². The molecule has 0 saturated carbocycles. The first-order chi connectivity index (χ1) is 12.9. The number of benzene rings is 2. The highest BCUT2D eigenvalue weighted by molar-refractivity contribution is 6.07. The van der Waals surface area contributed by atoms with Gasteiger partial charge in [-0.05, 0) is 30.8 Å². The van der Waals surface area contributed by atoms with Crippen molar-refractivity contribution in [3.63, 3.8) is 0 Å². The first-order valence-corrected chi connectivity index (χ1v) is 8.94. The third-order valence-corrected chi connectivity index (χ3v) is 4.79. The molecule has 0 radical (unpaired) electrons. The summed E-state index contributed by atoms with van der Waals surface area (Å²) in [7, 11) is 0. The smallest absolute Gasteiger partial charge is 0.367 e. The van der Waals surface area contributed by atoms with E-state index in [1.807, 2.05) is 12.1 Å². The van der Waals surface area contributed by atoms with Gasteiger partial charge in [0.15, 0.2) is 0 Å². The van der Waals surface area contributed by atoms with Crippen molar-refractivity contribution in [2.24, 2.45) is 0 Å². The van der Waals surface area contributed by atoms with Crippen LogP contribution in [0.3, 0.4) is 0 Å². The van der Waals surface area contributed by atoms with Crippen LogP contribution < -0.4 is 10.2 Å². The highest BCUT2D eigenvalue weighted by atomic mass is 19.4. The molecule has 144 valence electrons. The number of rotatable bonds is 4. The number of likely N-dealkylation sites (N-methyl/N-ethyl adjacent to an activating group) is 1. The van der Waals surface area contributed by atoms with E-state index in [1.54, 1.807) is 12.1 Å². The summed E-state index contributed by atoms with van der Waals surface area (Å²) < 4.78 is 39.6. The standard InChI is InChI=1S/C20H22F3N3O/c1-2-25-11-13-26(14-12-25)18-10-6-5-9-17(18)24-19(27)15-7-3-4-8-16(15)20(21,22)23/h3-10H,2,11-14H2,1H3,(H,24,27). The van der Waals surface area contributed by atoms with Crippen LogP contribution >= 0.6 is 0 Å². The number of para-hydroxylation sites is 2. The maximum atomic E-state index is 13.2. The fraction of sp³-hybridized carbons (Fsp3) is 0.350. The molecule has 1 N–H and O–H groups in total. The van der Waals surface area contributed by atoms with Gasteiger partial charge in [0, 0.05) is 26.2 Å². The van der Waals surface area contributed by atoms with Crippen molar-refractivity contribution >= 4 is 17.3 Å². The van der Waals surface area contributed by atoms with Crippen LogP contribution in [-0.4, -0.2) is 43.5 Å². The molecule has 1 heterocycles. The predicted octanol–water partition coefficient (Wildman–Crippen LogP) is 4.10. The lowest BCUT2D eigenvalue weighted by molar-refractivity contribution is -0.137. The number of anilines is 2. The van der Waals surface area contributed by atoms with E-state index in [0.717, 1.165) is 44.5 Å². The van der Waals surface area contributed by atoms with Crippen molar-refractivity contribution in [1.29, 1.82) is 0 Å². The summed E-state index contributed by atoms with van der Waals surface area (Å²) in [5, 5.41) is 2.67. The summed E-state index contributed by atoms with van der Waals surface area (Å²) in [6.07, 6.45) is -4.58. The molecule has 0 atom stereocenters. The zero-order chi connectivity index (χ0) is 19.4. The second kappa shape index (κ2) is 8.00. The second-order valence-corrected chi connectivity index (χ2v) is 6.44. The summed E-state index contributed by atoms with van der Waals surface area (Å²) >= 11 is 0. The summed E-state index contributed by atoms with van der Waals surface area (Å²) in [5.41, 5.74) is 0.0302. The van der Waals surface area contributed by atoms with E-state index in [4.69, 9.17) is 0 Å². The molecule has 0 aromatic heterocycles. The third-order valence-electron chi connectivity index (χ3n) is 4.79. The Bertz CT molecular complexity index is 799. The zero-order valence-corrected chi connectivity index (χ0v) is 15.1. The van der Waals surface area contributed by atoms with Crippen molar-refractivity contribution in [2.75, 3.05) is 42.9 Å². The average Bonchev–Trinajstić information content (AvgIpc) is 2.68. The van der Waals surface area contributed by atoms with E-state index in [9.17, 15) is 18.0 Å². The summed E-state index contributed by atoms with van der Waals surface area (Å²) in [4.78, 5) is 17.1. The lowest BCUT2D eigenvalue weighted by Crippen LogP contribution is -2.46. The Morgan fingerprint density at radius 3 is 2.30 bits per heavy atom. The third kappa shape index (κ3) is 4.42. The van der Waals surface area contributed by atoms with E-state index in [2.05, 4.69) is 22.0 Å². The SMILES string of the molecule is CCN1CCN(c2ccccc2NC(=O)c2ccccc2C(F)(F)F)CC1. The number of hydrogen-bond acceptors (Lipinski definition) is 3. The van der Waals surface area contributed by atoms with Gasteiger partial charge in [0.2, 0.25) is 0 Å². The molecule has 1 aliphatic heterocycles. The molecule has 4 nitrogen and oxygen atoms in total. The minimum absolute atomic E-state index is 0.379. The molecule has 27 heavy (non-hydrogen) atoms. The molecule has 0 aliphatic carbocycles. The van der Waals surface area contributed by atoms with Crippen LogP contribution in [0.5, 0.6) is 0 Å². The van der Waals surface area contributed by atoms with Gasteiger partial charge in [-0.15, -0.1) is 0 Å². The van der Waals surface area contributed by atoms with Crippen LogP contribution in [0.4, 0.5) is 24.5 Å². The number of nitrogens with zero attached hydrogens (tertiary/aromatic N) is 2. The van der Waals surface area contributed by atoms with Crippen LogP contribution in [0.1, 0.15) is 22.8 Å². The number of halogens is 3. The molecule has 1 saturated heterocycles. The Balaban J connectivity index is 1.82. The Morgan fingerprint density at radius 1 is 1.00 bits per heavy atom. The lowest BCUT2D eigenvalue weighted by atomic mass is 10.1. The Kier molecular flexibility index (Phi) is 5.70. The van der Waals surface area contributed by atoms with Gasteiger partial charge in [-0.25, -0.2) is 0 Å². The number of carbonyl (C=O) groups excluding carboxylic acids is 1. The molecular formula is C20H22F3N3O. The van der Waals surface area contributed by atoms with Crippen molar-refractivity contribution < 1.29 is 18.0 Å². The van der Waals surface area contributed by atoms with E-state index >= 15 is 0 Å². The number of carbonyl (C=O) groups is 1. The highest BCUT2D eigenvalue weighted by Gasteiger charge is 2.35. The maximum Gasteiger partial charge on any atom is 0.417 e. The molecule has 1 fully saturated rings. The summed E-state index contributed by atoms with van der Waals surface area (Å²) in [6, 6.07) is 12.0. The topological polar surface area (TPSA) is 35.6 Å². The number of amides is 1. The Morgan fingerprint density at radius 2 is 1.63 bits per heavy atom. The second-order valence-electron chi connectivity index (χ2n) is 6.44. The van der Waals surface area contributed by atoms with Crippen LogP contribution in [0, 0.1) is 0 Å². The molecule has 7 heteroatoms. The van der Waals surface area contributed by atoms with Gasteiger partial charge in [0.05, 0.1) is 22.5 Å². The number of piperazine rings is 1. The Labute approximate surface area is 156 Å². The lowest BCUT2D eigenvalue weighted by Gasteiger charge is -2.36. The van der Waals surface area contributed by atoms with Gasteiger partial charge < -0.3 is 15.1 Å². The van der Waals surface area contributed by atoms with Crippen molar-refractivity contribution in [2.45, 2.75) is 13.1 Å². The average molecular weight is 377 g/mol. The Hall–Kier alpha value is -2.54. The zero-order valence-electron chi connectivity index (χ0n) is 15.1. The van der Waals surface area contributed by atoms with Gasteiger partial charge in [-0.1, -0.05) is 31.2 Å². The van der Waals surface area contributed by atoms with Gasteiger partial charge in [0.1, 0.15) is 0 Å². The molecule has 0 unspecified atom stereocenters. The maximum absolute atomic E-state index is 13.2. The van der Waals surface area contributed by atoms with Gasteiger partial charge in [-0.3, -0.25) is 4.79 Å². The largest absolute Gasteiger partial charge is 0.417 e. The first-order valence-electron chi connectivity index (χ1n) is 8.94. The van der Waals surface area contributed by atoms with Gasteiger partial charge >= 0.3 is 6.18 Å². The molecular weight excluding hydrogens is 355 g/mol. The van der Waals surface area contributed by atoms with Gasteiger partial charge in [-0.2, -0.15) is 13.2 Å². The van der Waals surface area contributed by atoms with Crippen LogP contribution in [0.25, 0.3) is 0 Å². The number of hydrogen-bond donors (Lipinski definition) is 1. The highest BCUT2D eigenvalue weighted by Crippen LogP contribution is 2.33. The number of alkyl halides is 3. The first kappa shape index (κ1) is 19.2. The van der Waals surface area contributed by atoms with Crippen molar-refractivity contribution in [1.82, 2.24) is 4.90 Å². The van der Waals surface area contributed by atoms with E-state index in [0.29, 0.717) is 5.69 Å². The van der Waals surface area contributed by atoms with Crippen LogP contribution in [0.2, 0.25) is 0 Å². The van der Waals surface area contributed by atoms with E-state index < -0.39 is 17.6 Å². The quantitative estimate of drug-likeness (QED) is 0.871. The summed E-state index contributed by atoms with van der Waals surface area (Å²) in [6.45, 7) is 6.54. The summed E-state index contributed by atoms with van der Waals surface area (Å²) in [5.74, 6) is -0.762. The minimum Gasteiger partial charge on any atom is -0.367 e. The molecule has 1 aliphatic rings. The molecule has 0 bridgehead atoms. The molecule has 2 aromatic rings. The number of nitrogens with one attached hydrogen (secondary N) is 1. The van der Waals surface area contributed by atoms with Gasteiger partial charge in [0.25, 0.3) is 5.91 Å². The van der Waals surface area contributed by atoms with Crippen LogP contribution in [0.15, 0.2) is 48.5 Å². The minimum atomic E-state index is -4.58. The molecule has 2 aromatic carbocycles.